The fourth-order valence-corrected chi connectivity index (χ4v) is 8.61. The van der Waals surface area contributed by atoms with Crippen molar-refractivity contribution in [2.24, 2.45) is 40.4 Å². The smallest absolute Gasteiger partial charge is 0.302 e. The molecular formula is C29H44O9. The van der Waals surface area contributed by atoms with Crippen LogP contribution in [0, 0.1) is 40.4 Å². The first kappa shape index (κ1) is 28.0. The zero-order chi connectivity index (χ0) is 27.6. The second kappa shape index (κ2) is 9.82. The maximum atomic E-state index is 13.7. The van der Waals surface area contributed by atoms with Gasteiger partial charge in [-0.25, -0.2) is 0 Å². The lowest BCUT2D eigenvalue weighted by molar-refractivity contribution is -0.267. The third-order valence-electron chi connectivity index (χ3n) is 11.0. The van der Waals surface area contributed by atoms with Crippen LogP contribution in [0.3, 0.4) is 0 Å². The average Bonchev–Trinajstić information content (AvgIpc) is 3.37. The van der Waals surface area contributed by atoms with Gasteiger partial charge in [0.25, 0.3) is 0 Å². The number of carbonyl (C=O) groups excluding carboxylic acids is 3. The molecule has 2 saturated carbocycles. The van der Waals surface area contributed by atoms with Gasteiger partial charge in [-0.1, -0.05) is 27.7 Å². The zero-order valence-electron chi connectivity index (χ0n) is 23.6. The normalized spacial score (nSPS) is 48.2. The Morgan fingerprint density at radius 2 is 1.79 bits per heavy atom. The average molecular weight is 537 g/mol. The summed E-state index contributed by atoms with van der Waals surface area (Å²) in [5.74, 6) is -0.814. The van der Waals surface area contributed by atoms with Crippen molar-refractivity contribution in [3.8, 4) is 0 Å². The van der Waals surface area contributed by atoms with Crippen LogP contribution in [0.4, 0.5) is 0 Å². The van der Waals surface area contributed by atoms with Gasteiger partial charge in [0, 0.05) is 43.4 Å². The third kappa shape index (κ3) is 4.23. The fraction of sp³-hybridized carbons (Fsp3) is 0.897. The molecule has 214 valence electrons. The molecule has 2 aliphatic carbocycles. The number of ether oxygens (including phenoxy) is 5. The molecule has 3 heterocycles. The highest BCUT2D eigenvalue weighted by Gasteiger charge is 2.78. The van der Waals surface area contributed by atoms with Crippen LogP contribution in [-0.4, -0.2) is 66.4 Å². The summed E-state index contributed by atoms with van der Waals surface area (Å²) in [6.45, 7) is 11.7. The highest BCUT2D eigenvalue weighted by Crippen LogP contribution is 2.71. The minimum atomic E-state index is -0.811. The molecule has 1 spiro atoms. The Hall–Kier alpha value is -1.55. The lowest BCUT2D eigenvalue weighted by Gasteiger charge is -2.64. The molecule has 38 heavy (non-hydrogen) atoms. The molecule has 2 unspecified atom stereocenters. The van der Waals surface area contributed by atoms with Gasteiger partial charge in [0.1, 0.15) is 24.1 Å². The first-order valence-electron chi connectivity index (χ1n) is 14.3. The van der Waals surface area contributed by atoms with Crippen LogP contribution < -0.4 is 0 Å². The minimum absolute atomic E-state index is 0.0618. The molecule has 0 amide bonds. The summed E-state index contributed by atoms with van der Waals surface area (Å²) in [6, 6.07) is 0. The van der Waals surface area contributed by atoms with Crippen LogP contribution >= 0.6 is 0 Å². The van der Waals surface area contributed by atoms with Crippen molar-refractivity contribution in [1.29, 1.82) is 0 Å². The second-order valence-electron chi connectivity index (χ2n) is 12.9. The van der Waals surface area contributed by atoms with Gasteiger partial charge >= 0.3 is 11.9 Å². The number of esters is 2. The standard InChI is InChI=1S/C29H44O9/c1-7-15(2)25(33)20-9-21-27(6,22-10-19-11-24(32)38-26(19)37-22)16(3)8-23(36-18(5)31)29(21,14-34-17(4)30)28(12-20)13-35-28/h15-16,19-24,26,32H,7-14H2,1-6H3/t15?,16-,19+,20+,21-,22+,23+,24?,26-,27+,28+,29+/m1/s1. The number of aliphatic hydroxyl groups is 1. The van der Waals surface area contributed by atoms with E-state index in [0.717, 1.165) is 12.8 Å². The van der Waals surface area contributed by atoms with E-state index in [0.29, 0.717) is 32.3 Å². The van der Waals surface area contributed by atoms with Gasteiger partial charge in [-0.3, -0.25) is 14.4 Å². The van der Waals surface area contributed by atoms with Gasteiger partial charge in [0.15, 0.2) is 12.6 Å². The van der Waals surface area contributed by atoms with Crippen LogP contribution in [0.2, 0.25) is 0 Å². The Labute approximate surface area is 225 Å². The molecule has 3 aliphatic heterocycles. The van der Waals surface area contributed by atoms with Crippen LogP contribution in [0.5, 0.6) is 0 Å². The molecule has 0 bridgehead atoms. The molecule has 5 fully saturated rings. The SMILES string of the molecule is CCC(C)C(=O)[C@H]1C[C@@H]2[C@@](C)([C@@H]3C[C@H]4CC(O)O[C@H]4O3)[C@H](C)C[C@H](OC(C)=O)[C@@]2(COC(C)=O)[C@@]2(CO2)C1. The van der Waals surface area contributed by atoms with E-state index in [1.54, 1.807) is 0 Å². The van der Waals surface area contributed by atoms with Crippen molar-refractivity contribution in [1.82, 2.24) is 0 Å². The maximum absolute atomic E-state index is 13.7. The van der Waals surface area contributed by atoms with Crippen molar-refractivity contribution < 1.29 is 43.2 Å². The van der Waals surface area contributed by atoms with E-state index in [2.05, 4.69) is 13.8 Å². The van der Waals surface area contributed by atoms with E-state index in [-0.39, 0.29) is 54.1 Å². The van der Waals surface area contributed by atoms with Crippen molar-refractivity contribution in [3.05, 3.63) is 0 Å². The lowest BCUT2D eigenvalue weighted by Crippen LogP contribution is -2.70. The molecule has 0 aromatic heterocycles. The van der Waals surface area contributed by atoms with Gasteiger partial charge in [-0.15, -0.1) is 0 Å². The van der Waals surface area contributed by atoms with Crippen LogP contribution in [0.25, 0.3) is 0 Å². The number of carbonyl (C=O) groups is 3. The number of aliphatic hydroxyl groups excluding tert-OH is 1. The van der Waals surface area contributed by atoms with E-state index < -0.39 is 41.1 Å². The molecule has 0 aromatic carbocycles. The summed E-state index contributed by atoms with van der Waals surface area (Å²) in [5.41, 5.74) is -1.97. The summed E-state index contributed by atoms with van der Waals surface area (Å²) in [4.78, 5) is 38.2. The van der Waals surface area contributed by atoms with Crippen molar-refractivity contribution in [3.63, 3.8) is 0 Å². The Morgan fingerprint density at radius 1 is 1.08 bits per heavy atom. The largest absolute Gasteiger partial charge is 0.465 e. The highest BCUT2D eigenvalue weighted by atomic mass is 16.7. The molecule has 0 radical (unpaired) electrons. The van der Waals surface area contributed by atoms with Crippen molar-refractivity contribution in [2.45, 2.75) is 110 Å². The quantitative estimate of drug-likeness (QED) is 0.385. The predicted molar refractivity (Wildman–Crippen MR) is 134 cm³/mol. The fourth-order valence-electron chi connectivity index (χ4n) is 8.61. The van der Waals surface area contributed by atoms with Crippen LogP contribution in [-0.2, 0) is 38.1 Å². The Bertz CT molecular complexity index is 948. The van der Waals surface area contributed by atoms with Crippen LogP contribution in [0.15, 0.2) is 0 Å². The Morgan fingerprint density at radius 3 is 2.37 bits per heavy atom. The van der Waals surface area contributed by atoms with Crippen molar-refractivity contribution in [2.75, 3.05) is 13.2 Å². The lowest BCUT2D eigenvalue weighted by atomic mass is 9.41. The van der Waals surface area contributed by atoms with Crippen LogP contribution in [0.1, 0.15) is 80.1 Å². The number of fused-ring (bicyclic) bond motifs is 3. The van der Waals surface area contributed by atoms with E-state index in [1.165, 1.54) is 13.8 Å². The molecule has 1 N–H and O–H groups in total. The summed E-state index contributed by atoms with van der Waals surface area (Å²) >= 11 is 0. The number of epoxide rings is 1. The van der Waals surface area contributed by atoms with Gasteiger partial charge in [0.05, 0.1) is 18.1 Å². The summed E-state index contributed by atoms with van der Waals surface area (Å²) in [5, 5.41) is 10.0. The topological polar surface area (TPSA) is 121 Å². The molecular weight excluding hydrogens is 492 g/mol. The van der Waals surface area contributed by atoms with E-state index in [1.807, 2.05) is 13.8 Å². The molecule has 9 heteroatoms. The first-order chi connectivity index (χ1) is 17.9. The Kier molecular flexibility index (Phi) is 7.24. The van der Waals surface area contributed by atoms with E-state index in [4.69, 9.17) is 23.7 Å². The number of Topliss-reactive ketones (excluding diaryl/α,β-unsaturated/α-hetero) is 1. The molecule has 5 rings (SSSR count). The van der Waals surface area contributed by atoms with Gasteiger partial charge in [0.2, 0.25) is 0 Å². The summed E-state index contributed by atoms with van der Waals surface area (Å²) in [7, 11) is 0. The predicted octanol–water partition coefficient (Wildman–Crippen LogP) is 3.39. The summed E-state index contributed by atoms with van der Waals surface area (Å²) in [6.07, 6.45) is 1.75. The van der Waals surface area contributed by atoms with Gasteiger partial charge in [-0.2, -0.15) is 0 Å². The number of rotatable bonds is 7. The van der Waals surface area contributed by atoms with E-state index >= 15 is 0 Å². The molecule has 0 aromatic rings. The van der Waals surface area contributed by atoms with Gasteiger partial charge < -0.3 is 28.8 Å². The second-order valence-corrected chi connectivity index (χ2v) is 12.9. The first-order valence-corrected chi connectivity index (χ1v) is 14.3. The Balaban J connectivity index is 1.61. The monoisotopic (exact) mass is 536 g/mol. The molecule has 9 nitrogen and oxygen atoms in total. The number of hydrogen-bond donors (Lipinski definition) is 1. The highest BCUT2D eigenvalue weighted by molar-refractivity contribution is 5.83. The van der Waals surface area contributed by atoms with Crippen molar-refractivity contribution >= 4 is 17.7 Å². The van der Waals surface area contributed by atoms with Gasteiger partial charge in [-0.05, 0) is 43.9 Å². The number of ketones is 1. The molecule has 12 atom stereocenters. The number of hydrogen-bond acceptors (Lipinski definition) is 9. The third-order valence-corrected chi connectivity index (χ3v) is 11.0. The van der Waals surface area contributed by atoms with E-state index in [9.17, 15) is 19.5 Å². The molecule has 5 aliphatic rings. The zero-order valence-corrected chi connectivity index (χ0v) is 23.6. The molecule has 3 saturated heterocycles. The summed E-state index contributed by atoms with van der Waals surface area (Å²) < 4.78 is 30.3. The maximum Gasteiger partial charge on any atom is 0.302 e. The minimum Gasteiger partial charge on any atom is -0.465 e.